The van der Waals surface area contributed by atoms with Crippen molar-refractivity contribution in [3.8, 4) is 11.1 Å². The summed E-state index contributed by atoms with van der Waals surface area (Å²) in [6.45, 7) is 25.7. The Morgan fingerprint density at radius 3 is 1.34 bits per heavy atom. The zero-order chi connectivity index (χ0) is 32.4. The van der Waals surface area contributed by atoms with E-state index in [0.29, 0.717) is 3.63 Å². The molecule has 0 amide bonds. The molecule has 2 aliphatic carbocycles. The van der Waals surface area contributed by atoms with Crippen molar-refractivity contribution in [2.45, 2.75) is 97.0 Å². The van der Waals surface area contributed by atoms with Crippen LogP contribution in [0.1, 0.15) is 114 Å². The van der Waals surface area contributed by atoms with Gasteiger partial charge in [0.05, 0.1) is 0 Å². The van der Waals surface area contributed by atoms with Gasteiger partial charge in [-0.05, 0) is 0 Å². The molecule has 0 unspecified atom stereocenters. The van der Waals surface area contributed by atoms with Crippen LogP contribution >= 0.6 is 0 Å². The first-order chi connectivity index (χ1) is 21.1. The number of aryl methyl sites for hydroxylation is 4. The van der Waals surface area contributed by atoms with Crippen molar-refractivity contribution in [2.75, 3.05) is 0 Å². The van der Waals surface area contributed by atoms with Gasteiger partial charge in [-0.1, -0.05) is 0 Å². The van der Waals surface area contributed by atoms with E-state index >= 15 is 0 Å². The predicted molar refractivity (Wildman–Crippen MR) is 193 cm³/mol. The Kier molecular flexibility index (Phi) is 11.1. The Hall–Kier alpha value is -2.31. The summed E-state index contributed by atoms with van der Waals surface area (Å²) in [6, 6.07) is 29.2. The van der Waals surface area contributed by atoms with Crippen LogP contribution in [0.3, 0.4) is 0 Å². The van der Waals surface area contributed by atoms with E-state index in [4.69, 9.17) is 0 Å². The average molecular weight is 741 g/mol. The third kappa shape index (κ3) is 7.06. The average Bonchev–Trinajstić information content (AvgIpc) is 3.51. The second kappa shape index (κ2) is 13.9. The van der Waals surface area contributed by atoms with E-state index in [2.05, 4.69) is 161 Å². The van der Waals surface area contributed by atoms with Gasteiger partial charge in [0.2, 0.25) is 0 Å². The van der Waals surface area contributed by atoms with Crippen molar-refractivity contribution in [3.63, 3.8) is 0 Å². The number of benzene rings is 4. The zero-order valence-electron chi connectivity index (χ0n) is 30.1. The quantitative estimate of drug-likeness (QED) is 0.252. The fourth-order valence-corrected chi connectivity index (χ4v) is 17.3. The molecule has 0 aliphatic heterocycles. The van der Waals surface area contributed by atoms with E-state index < -0.39 is 21.3 Å². The fraction of sp³-hybridized carbons (Fsp3) is 0.341. The van der Waals surface area contributed by atoms with Gasteiger partial charge in [0, 0.05) is 0 Å². The van der Waals surface area contributed by atoms with Gasteiger partial charge in [-0.2, -0.15) is 0 Å². The SMILES string of the molecule is CC1=[C]([Zr+2](=[C](c2ccc(C)cc2)c2ccc(C)cc2)[CH]2c3cc(C)c(C(C)(C)C)cc3-c3cc(C(C)(C)C)c(C)cc32)CC=C1.[Cl-].[Cl-]. The second-order valence-electron chi connectivity index (χ2n) is 15.7. The minimum absolute atomic E-state index is 0. The molecular weight excluding hydrogens is 691 g/mol. The molecular formula is C44H50Cl2Zr. The molecule has 0 radical (unpaired) electrons. The van der Waals surface area contributed by atoms with E-state index in [0.717, 1.165) is 6.42 Å². The van der Waals surface area contributed by atoms with Crippen LogP contribution in [0.2, 0.25) is 0 Å². The van der Waals surface area contributed by atoms with Crippen LogP contribution in [0.4, 0.5) is 0 Å². The maximum atomic E-state index is 2.60. The summed E-state index contributed by atoms with van der Waals surface area (Å²) < 4.78 is 3.79. The minimum Gasteiger partial charge on any atom is -1.00 e. The van der Waals surface area contributed by atoms with Crippen LogP contribution in [0.15, 0.2) is 93.8 Å². The number of rotatable bonds is 4. The van der Waals surface area contributed by atoms with Crippen molar-refractivity contribution < 1.29 is 46.1 Å². The molecule has 0 aromatic heterocycles. The van der Waals surface area contributed by atoms with Crippen LogP contribution in [0, 0.1) is 27.7 Å². The molecule has 4 aromatic carbocycles. The Morgan fingerprint density at radius 2 is 1.00 bits per heavy atom. The molecule has 0 spiro atoms. The largest absolute Gasteiger partial charge is 1.00 e. The molecule has 244 valence electrons. The molecule has 0 heterocycles. The number of hydrogen-bond donors (Lipinski definition) is 0. The van der Waals surface area contributed by atoms with Crippen LogP contribution in [0.25, 0.3) is 11.1 Å². The summed E-state index contributed by atoms with van der Waals surface area (Å²) in [5.41, 5.74) is 19.0. The van der Waals surface area contributed by atoms with Crippen molar-refractivity contribution in [3.05, 3.63) is 149 Å². The third-order valence-electron chi connectivity index (χ3n) is 10.1. The minimum atomic E-state index is -2.76. The van der Waals surface area contributed by atoms with E-state index in [-0.39, 0.29) is 35.6 Å². The normalized spacial score (nSPS) is 13.8. The van der Waals surface area contributed by atoms with Gasteiger partial charge in [0.25, 0.3) is 0 Å². The van der Waals surface area contributed by atoms with Crippen LogP contribution < -0.4 is 24.8 Å². The van der Waals surface area contributed by atoms with Gasteiger partial charge in [-0.25, -0.2) is 0 Å². The number of halogens is 2. The van der Waals surface area contributed by atoms with Crippen LogP contribution in [-0.2, 0) is 32.1 Å². The van der Waals surface area contributed by atoms with Gasteiger partial charge in [-0.15, -0.1) is 0 Å². The first-order valence-corrected chi connectivity index (χ1v) is 20.6. The maximum Gasteiger partial charge on any atom is -1.00 e. The van der Waals surface area contributed by atoms with Crippen molar-refractivity contribution in [1.82, 2.24) is 0 Å². The van der Waals surface area contributed by atoms with Crippen LogP contribution in [0.5, 0.6) is 0 Å². The molecule has 2 aliphatic rings. The molecule has 0 saturated carbocycles. The zero-order valence-corrected chi connectivity index (χ0v) is 34.1. The molecule has 0 fully saturated rings. The number of hydrogen-bond acceptors (Lipinski definition) is 0. The topological polar surface area (TPSA) is 0 Å². The number of fused-ring (bicyclic) bond motifs is 3. The van der Waals surface area contributed by atoms with E-state index in [9.17, 15) is 0 Å². The summed E-state index contributed by atoms with van der Waals surface area (Å²) in [5, 5.41) is 0. The van der Waals surface area contributed by atoms with Gasteiger partial charge in [-0.3, -0.25) is 0 Å². The van der Waals surface area contributed by atoms with Gasteiger partial charge >= 0.3 is 282 Å². The van der Waals surface area contributed by atoms with Gasteiger partial charge in [0.1, 0.15) is 0 Å². The predicted octanol–water partition coefficient (Wildman–Crippen LogP) is 5.71. The number of allylic oxidation sites excluding steroid dienone is 4. The second-order valence-corrected chi connectivity index (χ2v) is 21.9. The Morgan fingerprint density at radius 1 is 0.596 bits per heavy atom. The maximum absolute atomic E-state index is 2.76. The molecule has 4 aromatic rings. The first kappa shape index (κ1) is 37.5. The van der Waals surface area contributed by atoms with Crippen LogP contribution in [-0.4, -0.2) is 3.21 Å². The first-order valence-electron chi connectivity index (χ1n) is 16.7. The molecule has 0 bridgehead atoms. The van der Waals surface area contributed by atoms with E-state index in [1.54, 1.807) is 17.6 Å². The molecule has 6 rings (SSSR count). The monoisotopic (exact) mass is 738 g/mol. The molecule has 0 nitrogen and oxygen atoms in total. The van der Waals surface area contributed by atoms with Gasteiger partial charge < -0.3 is 24.8 Å². The smallest absolute Gasteiger partial charge is 1.00 e. The summed E-state index contributed by atoms with van der Waals surface area (Å²) in [4.78, 5) is 0. The van der Waals surface area contributed by atoms with Crippen molar-refractivity contribution >= 4 is 3.21 Å². The molecule has 3 heteroatoms. The summed E-state index contributed by atoms with van der Waals surface area (Å²) in [6.07, 6.45) is 5.91. The fourth-order valence-electron chi connectivity index (χ4n) is 7.82. The summed E-state index contributed by atoms with van der Waals surface area (Å²) in [7, 11) is 0. The summed E-state index contributed by atoms with van der Waals surface area (Å²) in [5.74, 6) is 0. The molecule has 0 N–H and O–H groups in total. The molecule has 0 saturated heterocycles. The van der Waals surface area contributed by atoms with Gasteiger partial charge in [0.15, 0.2) is 0 Å². The van der Waals surface area contributed by atoms with Crippen molar-refractivity contribution in [1.29, 1.82) is 0 Å². The van der Waals surface area contributed by atoms with E-state index in [1.807, 2.05) is 0 Å². The molecule has 47 heavy (non-hydrogen) atoms. The standard InChI is InChI=1S/C23H29.C15H14.C6H7.2ClH.Zr/c1-14-9-16-11-17-10-15(2)21(23(6,7)8)13-19(17)18(16)12-20(14)22(3,4)5;1-12-3-7-14(8-4-12)11-15-9-5-13(2)6-10-15;1-6-4-2-3-5-6;;;/h9-13H,1-8H3;3-10H,1-2H3;2,4H,3H2,1H3;2*1H;/q;;;;;+2/p-2. The van der Waals surface area contributed by atoms with E-state index in [1.165, 1.54) is 61.2 Å². The van der Waals surface area contributed by atoms with Crippen molar-refractivity contribution in [2.24, 2.45) is 0 Å². The Balaban J connectivity index is 0.00000250. The Labute approximate surface area is 304 Å². The molecule has 0 atom stereocenters. The summed E-state index contributed by atoms with van der Waals surface area (Å²) >= 11 is -2.76. The third-order valence-corrected chi connectivity index (χ3v) is 18.8. The Bertz CT molecular complexity index is 1790.